The van der Waals surface area contributed by atoms with Crippen molar-refractivity contribution in [2.24, 2.45) is 0 Å². The van der Waals surface area contributed by atoms with Crippen molar-refractivity contribution in [2.45, 2.75) is 39.3 Å². The Morgan fingerprint density at radius 3 is 1.12 bits per heavy atom. The molecule has 0 nitrogen and oxygen atoms in total. The van der Waals surface area contributed by atoms with E-state index in [1.807, 2.05) is 0 Å². The van der Waals surface area contributed by atoms with E-state index in [9.17, 15) is 0 Å². The summed E-state index contributed by atoms with van der Waals surface area (Å²) in [7, 11) is -2.64. The maximum absolute atomic E-state index is 3.40. The molecule has 0 aliphatic heterocycles. The van der Waals surface area contributed by atoms with E-state index >= 15 is 0 Å². The van der Waals surface area contributed by atoms with Gasteiger partial charge in [-0.05, 0) is 36.1 Å². The highest BCUT2D eigenvalue weighted by atomic mass is 32.1. The van der Waals surface area contributed by atoms with Gasteiger partial charge in [-0.3, -0.25) is 0 Å². The van der Waals surface area contributed by atoms with E-state index in [4.69, 9.17) is 0 Å². The highest BCUT2D eigenvalue weighted by molar-refractivity contribution is 7.13. The highest BCUT2D eigenvalue weighted by Crippen LogP contribution is 2.17. The van der Waals surface area contributed by atoms with Crippen molar-refractivity contribution in [3.05, 3.63) is 43.8 Å². The Bertz CT molecular complexity index is 824. The molecule has 24 heavy (non-hydrogen) atoms. The van der Waals surface area contributed by atoms with Crippen LogP contribution >= 0.6 is 22.7 Å². The van der Waals surface area contributed by atoms with Crippen LogP contribution in [0.3, 0.4) is 0 Å². The second-order valence-electron chi connectivity index (χ2n) is 7.58. The highest BCUT2D eigenvalue weighted by Gasteiger charge is 2.08. The monoisotopic (exact) mass is 382 g/mol. The number of rotatable bonds is 0. The summed E-state index contributed by atoms with van der Waals surface area (Å²) in [5.41, 5.74) is 6.79. The SMILES string of the molecule is C[Si](C)(C)C#Cc1ccc(C#Cc2ccc(C#C[Si](C)(C)C)s2)s1. The largest absolute Gasteiger partial charge is 0.129 e. The molecule has 0 aliphatic rings. The lowest BCUT2D eigenvalue weighted by molar-refractivity contribution is 1.80. The fourth-order valence-corrected chi connectivity index (χ4v) is 4.19. The molecule has 0 fully saturated rings. The van der Waals surface area contributed by atoms with Crippen LogP contribution in [0.15, 0.2) is 24.3 Å². The molecule has 2 aromatic heterocycles. The minimum atomic E-state index is -1.32. The topological polar surface area (TPSA) is 0 Å². The summed E-state index contributed by atoms with van der Waals surface area (Å²) in [6.07, 6.45) is 0. The first kappa shape index (κ1) is 18.8. The lowest BCUT2D eigenvalue weighted by Gasteiger charge is -2.02. The molecule has 2 rings (SSSR count). The van der Waals surface area contributed by atoms with E-state index in [1.165, 1.54) is 0 Å². The molecule has 122 valence electrons. The molecule has 4 heteroatoms. The molecule has 0 saturated carbocycles. The summed E-state index contributed by atoms with van der Waals surface area (Å²) >= 11 is 3.34. The van der Waals surface area contributed by atoms with Crippen molar-refractivity contribution in [2.75, 3.05) is 0 Å². The normalized spacial score (nSPS) is 10.8. The van der Waals surface area contributed by atoms with Gasteiger partial charge in [-0.25, -0.2) is 0 Å². The molecule has 0 amide bonds. The van der Waals surface area contributed by atoms with Gasteiger partial charge in [0.15, 0.2) is 0 Å². The van der Waals surface area contributed by atoms with Crippen molar-refractivity contribution in [1.82, 2.24) is 0 Å². The van der Waals surface area contributed by atoms with Gasteiger partial charge in [-0.15, -0.1) is 33.8 Å². The molecule has 0 aliphatic carbocycles. The number of thiophene rings is 2. The fourth-order valence-electron chi connectivity index (χ4n) is 1.57. The van der Waals surface area contributed by atoms with Crippen LogP contribution in [0.25, 0.3) is 0 Å². The van der Waals surface area contributed by atoms with Crippen LogP contribution in [0.5, 0.6) is 0 Å². The Hall–Kier alpha value is -1.49. The van der Waals surface area contributed by atoms with Crippen molar-refractivity contribution >= 4 is 38.8 Å². The summed E-state index contributed by atoms with van der Waals surface area (Å²) in [5, 5.41) is 0. The van der Waals surface area contributed by atoms with Crippen molar-refractivity contribution < 1.29 is 0 Å². The summed E-state index contributed by atoms with van der Waals surface area (Å²) in [6.45, 7) is 13.5. The Labute approximate surface area is 156 Å². The predicted octanol–water partition coefficient (Wildman–Crippen LogP) is 5.67. The first-order valence-corrected chi connectivity index (χ1v) is 16.5. The van der Waals surface area contributed by atoms with E-state index in [-0.39, 0.29) is 0 Å². The van der Waals surface area contributed by atoms with Gasteiger partial charge >= 0.3 is 0 Å². The summed E-state index contributed by atoms with van der Waals surface area (Å²) in [6, 6.07) is 8.26. The summed E-state index contributed by atoms with van der Waals surface area (Å²) in [4.78, 5) is 4.35. The molecule has 0 N–H and O–H groups in total. The predicted molar refractivity (Wildman–Crippen MR) is 115 cm³/mol. The van der Waals surface area contributed by atoms with Gasteiger partial charge in [0, 0.05) is 0 Å². The van der Waals surface area contributed by atoms with Gasteiger partial charge < -0.3 is 0 Å². The first-order chi connectivity index (χ1) is 11.1. The van der Waals surface area contributed by atoms with Crippen molar-refractivity contribution in [1.29, 1.82) is 0 Å². The van der Waals surface area contributed by atoms with Crippen LogP contribution in [0, 0.1) is 34.8 Å². The second-order valence-corrected chi connectivity index (χ2v) is 19.2. The van der Waals surface area contributed by atoms with Gasteiger partial charge in [0.2, 0.25) is 0 Å². The second kappa shape index (κ2) is 7.60. The fraction of sp³-hybridized carbons (Fsp3) is 0.300. The molecule has 2 heterocycles. The molecule has 0 saturated heterocycles. The van der Waals surface area contributed by atoms with Crippen LogP contribution in [0.1, 0.15) is 19.5 Å². The minimum absolute atomic E-state index is 1.07. The Kier molecular flexibility index (Phi) is 5.97. The molecule has 0 atom stereocenters. The Balaban J connectivity index is 2.11. The molecule has 0 radical (unpaired) electrons. The summed E-state index contributed by atoms with van der Waals surface area (Å²) < 4.78 is 0. The molecule has 0 bridgehead atoms. The number of hydrogen-bond acceptors (Lipinski definition) is 2. The zero-order valence-corrected chi connectivity index (χ0v) is 18.8. The molecule has 0 aromatic carbocycles. The van der Waals surface area contributed by atoms with Gasteiger partial charge in [0.1, 0.15) is 16.1 Å². The summed E-state index contributed by atoms with van der Waals surface area (Å²) in [5.74, 6) is 13.1. The van der Waals surface area contributed by atoms with E-state index in [1.54, 1.807) is 22.7 Å². The van der Waals surface area contributed by atoms with E-state index in [0.717, 1.165) is 19.5 Å². The van der Waals surface area contributed by atoms with Crippen LogP contribution in [-0.4, -0.2) is 16.1 Å². The zero-order valence-electron chi connectivity index (χ0n) is 15.1. The zero-order chi connectivity index (χ0) is 17.8. The van der Waals surface area contributed by atoms with Crippen molar-refractivity contribution in [3.8, 4) is 34.8 Å². The number of hydrogen-bond donors (Lipinski definition) is 0. The molecule has 2 aromatic rings. The quantitative estimate of drug-likeness (QED) is 0.407. The smallest absolute Gasteiger partial charge is 0.126 e. The minimum Gasteiger partial charge on any atom is -0.126 e. The van der Waals surface area contributed by atoms with Gasteiger partial charge in [0.05, 0.1) is 19.5 Å². The lowest BCUT2D eigenvalue weighted by atomic mass is 10.4. The van der Waals surface area contributed by atoms with E-state index in [0.29, 0.717) is 0 Å². The van der Waals surface area contributed by atoms with Gasteiger partial charge in [-0.2, -0.15) is 0 Å². The molecule has 0 unspecified atom stereocenters. The van der Waals surface area contributed by atoms with Gasteiger partial charge in [0.25, 0.3) is 0 Å². The van der Waals surface area contributed by atoms with Gasteiger partial charge in [-0.1, -0.05) is 51.1 Å². The van der Waals surface area contributed by atoms with Crippen LogP contribution in [-0.2, 0) is 0 Å². The standard InChI is InChI=1S/C20H22S2Si2/c1-23(2,3)15-13-19-11-9-17(21-19)7-8-18-10-12-20(22-18)14-16-24(4,5)6/h9-12H,1-6H3. The maximum atomic E-state index is 3.40. The van der Waals surface area contributed by atoms with Crippen LogP contribution < -0.4 is 0 Å². The van der Waals surface area contributed by atoms with Crippen molar-refractivity contribution in [3.63, 3.8) is 0 Å². The third kappa shape index (κ3) is 6.95. The third-order valence-electron chi connectivity index (χ3n) is 2.64. The average molecular weight is 383 g/mol. The Morgan fingerprint density at radius 1 is 0.542 bits per heavy atom. The Morgan fingerprint density at radius 2 is 0.833 bits per heavy atom. The molecular weight excluding hydrogens is 361 g/mol. The van der Waals surface area contributed by atoms with E-state index in [2.05, 4.69) is 98.3 Å². The van der Waals surface area contributed by atoms with E-state index < -0.39 is 16.1 Å². The third-order valence-corrected chi connectivity index (χ3v) is 6.22. The molecular formula is C20H22S2Si2. The van der Waals surface area contributed by atoms with Crippen LogP contribution in [0.2, 0.25) is 39.3 Å². The average Bonchev–Trinajstić information content (AvgIpc) is 3.08. The first-order valence-electron chi connectivity index (χ1n) is 7.89. The maximum Gasteiger partial charge on any atom is 0.129 e. The molecule has 0 spiro atoms. The van der Waals surface area contributed by atoms with Crippen LogP contribution in [0.4, 0.5) is 0 Å². The lowest BCUT2D eigenvalue weighted by Crippen LogP contribution is -2.16.